The molecule has 1 aromatic carbocycles. The SMILES string of the molecule is COC(=O)C1=C(N)c2c(F)cccc2C1(C#N)c1cccn1C. The Morgan fingerprint density at radius 1 is 1.39 bits per heavy atom. The minimum atomic E-state index is -1.51. The van der Waals surface area contributed by atoms with Gasteiger partial charge in [0.15, 0.2) is 5.41 Å². The fraction of sp³-hybridized carbons (Fsp3) is 0.176. The maximum atomic E-state index is 14.3. The molecule has 0 saturated heterocycles. The van der Waals surface area contributed by atoms with Crippen LogP contribution in [-0.2, 0) is 22.0 Å². The largest absolute Gasteiger partial charge is 0.466 e. The molecule has 6 heteroatoms. The van der Waals surface area contributed by atoms with Gasteiger partial charge < -0.3 is 15.0 Å². The van der Waals surface area contributed by atoms with Crippen LogP contribution in [0, 0.1) is 17.1 Å². The molecule has 23 heavy (non-hydrogen) atoms. The summed E-state index contributed by atoms with van der Waals surface area (Å²) in [6.45, 7) is 0. The summed E-state index contributed by atoms with van der Waals surface area (Å²) in [5, 5.41) is 10.00. The van der Waals surface area contributed by atoms with Crippen LogP contribution in [0.2, 0.25) is 0 Å². The molecule has 0 amide bonds. The monoisotopic (exact) mass is 311 g/mol. The summed E-state index contributed by atoms with van der Waals surface area (Å²) in [4.78, 5) is 12.3. The molecule has 0 aliphatic heterocycles. The molecule has 0 spiro atoms. The molecule has 3 rings (SSSR count). The smallest absolute Gasteiger partial charge is 0.338 e. The van der Waals surface area contributed by atoms with Gasteiger partial charge in [-0.3, -0.25) is 0 Å². The van der Waals surface area contributed by atoms with Crippen molar-refractivity contribution in [1.29, 1.82) is 5.26 Å². The van der Waals surface area contributed by atoms with E-state index in [1.54, 1.807) is 36.0 Å². The van der Waals surface area contributed by atoms with Gasteiger partial charge >= 0.3 is 5.97 Å². The molecule has 1 aromatic heterocycles. The number of aromatic nitrogens is 1. The molecular weight excluding hydrogens is 297 g/mol. The molecule has 1 aliphatic carbocycles. The number of rotatable bonds is 2. The van der Waals surface area contributed by atoms with Gasteiger partial charge in [0, 0.05) is 24.5 Å². The van der Waals surface area contributed by atoms with Gasteiger partial charge in [-0.25, -0.2) is 9.18 Å². The molecular formula is C17H14FN3O2. The van der Waals surface area contributed by atoms with Crippen LogP contribution in [0.4, 0.5) is 4.39 Å². The normalized spacial score (nSPS) is 19.4. The summed E-state index contributed by atoms with van der Waals surface area (Å²) in [5.74, 6) is -1.33. The van der Waals surface area contributed by atoms with Crippen LogP contribution in [0.1, 0.15) is 16.8 Å². The molecule has 1 unspecified atom stereocenters. The zero-order valence-electron chi connectivity index (χ0n) is 12.6. The topological polar surface area (TPSA) is 81.0 Å². The fourth-order valence-corrected chi connectivity index (χ4v) is 3.23. The summed E-state index contributed by atoms with van der Waals surface area (Å²) in [6.07, 6.45) is 1.75. The minimum Gasteiger partial charge on any atom is -0.466 e. The Morgan fingerprint density at radius 2 is 2.13 bits per heavy atom. The lowest BCUT2D eigenvalue weighted by atomic mass is 9.75. The van der Waals surface area contributed by atoms with E-state index in [0.29, 0.717) is 11.3 Å². The van der Waals surface area contributed by atoms with Crippen LogP contribution in [0.5, 0.6) is 0 Å². The van der Waals surface area contributed by atoms with E-state index in [0.717, 1.165) is 0 Å². The van der Waals surface area contributed by atoms with Gasteiger partial charge in [-0.1, -0.05) is 12.1 Å². The van der Waals surface area contributed by atoms with Gasteiger partial charge in [0.2, 0.25) is 0 Å². The number of ether oxygens (including phenoxy) is 1. The highest BCUT2D eigenvalue weighted by molar-refractivity contribution is 6.05. The summed E-state index contributed by atoms with van der Waals surface area (Å²) in [6, 6.07) is 9.98. The van der Waals surface area contributed by atoms with Crippen LogP contribution in [0.25, 0.3) is 5.70 Å². The second-order valence-corrected chi connectivity index (χ2v) is 5.31. The first-order chi connectivity index (χ1) is 11.0. The molecule has 0 saturated carbocycles. The number of carbonyl (C=O) groups excluding carboxylic acids is 1. The third-order valence-electron chi connectivity index (χ3n) is 4.22. The number of nitriles is 1. The summed E-state index contributed by atoms with van der Waals surface area (Å²) in [7, 11) is 2.95. The molecule has 2 N–H and O–H groups in total. The highest BCUT2D eigenvalue weighted by atomic mass is 19.1. The van der Waals surface area contributed by atoms with Crippen molar-refractivity contribution in [2.45, 2.75) is 5.41 Å². The van der Waals surface area contributed by atoms with Gasteiger partial charge in [-0.15, -0.1) is 0 Å². The maximum Gasteiger partial charge on any atom is 0.338 e. The molecule has 1 heterocycles. The van der Waals surface area contributed by atoms with Gasteiger partial charge in [0.1, 0.15) is 5.82 Å². The minimum absolute atomic E-state index is 0.0515. The van der Waals surface area contributed by atoms with Crippen molar-refractivity contribution in [2.75, 3.05) is 7.11 Å². The first kappa shape index (κ1) is 14.9. The van der Waals surface area contributed by atoms with Crippen LogP contribution < -0.4 is 5.73 Å². The zero-order chi connectivity index (χ0) is 16.8. The third-order valence-corrected chi connectivity index (χ3v) is 4.22. The Labute approximate surface area is 132 Å². The van der Waals surface area contributed by atoms with Crippen molar-refractivity contribution in [3.63, 3.8) is 0 Å². The van der Waals surface area contributed by atoms with Crippen molar-refractivity contribution in [3.8, 4) is 6.07 Å². The molecule has 1 aliphatic rings. The number of fused-ring (bicyclic) bond motifs is 1. The van der Waals surface area contributed by atoms with E-state index in [1.807, 2.05) is 0 Å². The average molecular weight is 311 g/mol. The number of esters is 1. The molecule has 116 valence electrons. The Balaban J connectivity index is 2.47. The Kier molecular flexibility index (Phi) is 3.22. The number of methoxy groups -OCH3 is 1. The second kappa shape index (κ2) is 4.99. The van der Waals surface area contributed by atoms with Crippen LogP contribution in [0.3, 0.4) is 0 Å². The number of carbonyl (C=O) groups is 1. The van der Waals surface area contributed by atoms with E-state index in [4.69, 9.17) is 10.5 Å². The van der Waals surface area contributed by atoms with Crippen molar-refractivity contribution >= 4 is 11.7 Å². The molecule has 1 atom stereocenters. The number of hydrogen-bond acceptors (Lipinski definition) is 4. The zero-order valence-corrected chi connectivity index (χ0v) is 12.6. The lowest BCUT2D eigenvalue weighted by Crippen LogP contribution is -2.33. The van der Waals surface area contributed by atoms with Crippen LogP contribution in [0.15, 0.2) is 42.1 Å². The van der Waals surface area contributed by atoms with E-state index >= 15 is 0 Å². The molecule has 0 bridgehead atoms. The standard InChI is InChI=1S/C17H14FN3O2/c1-21-8-4-7-12(21)17(9-19)10-5-3-6-11(18)13(10)15(20)14(17)16(22)23-2/h3-8H,20H2,1-2H3. The van der Waals surface area contributed by atoms with Crippen molar-refractivity contribution in [2.24, 2.45) is 12.8 Å². The Bertz CT molecular complexity index is 891. The van der Waals surface area contributed by atoms with Crippen molar-refractivity contribution in [1.82, 2.24) is 4.57 Å². The quantitative estimate of drug-likeness (QED) is 0.858. The summed E-state index contributed by atoms with van der Waals surface area (Å²) < 4.78 is 20.8. The molecule has 0 radical (unpaired) electrons. The number of nitrogens with two attached hydrogens (primary N) is 1. The average Bonchev–Trinajstić information content (AvgIpc) is 3.07. The third kappa shape index (κ3) is 1.73. The van der Waals surface area contributed by atoms with Crippen molar-refractivity contribution in [3.05, 3.63) is 64.7 Å². The number of hydrogen-bond donors (Lipinski definition) is 1. The summed E-state index contributed by atoms with van der Waals surface area (Å²) in [5.41, 5.74) is 5.38. The Morgan fingerprint density at radius 3 is 2.70 bits per heavy atom. The second-order valence-electron chi connectivity index (χ2n) is 5.31. The number of aryl methyl sites for hydroxylation is 1. The molecule has 2 aromatic rings. The summed E-state index contributed by atoms with van der Waals surface area (Å²) >= 11 is 0. The lowest BCUT2D eigenvalue weighted by molar-refractivity contribution is -0.136. The molecule has 5 nitrogen and oxygen atoms in total. The molecule has 0 fully saturated rings. The Hall–Kier alpha value is -3.07. The van der Waals surface area contributed by atoms with E-state index in [-0.39, 0.29) is 16.8 Å². The highest BCUT2D eigenvalue weighted by Crippen LogP contribution is 2.49. The van der Waals surface area contributed by atoms with Gasteiger partial charge in [-0.2, -0.15) is 5.26 Å². The fourth-order valence-electron chi connectivity index (χ4n) is 3.23. The number of halogens is 1. The van der Waals surface area contributed by atoms with E-state index < -0.39 is 17.2 Å². The first-order valence-electron chi connectivity index (χ1n) is 6.90. The number of nitrogens with zero attached hydrogens (tertiary/aromatic N) is 2. The van der Waals surface area contributed by atoms with Gasteiger partial charge in [0.25, 0.3) is 0 Å². The van der Waals surface area contributed by atoms with Gasteiger partial charge in [-0.05, 0) is 23.8 Å². The van der Waals surface area contributed by atoms with Crippen LogP contribution in [-0.4, -0.2) is 17.6 Å². The van der Waals surface area contributed by atoms with Crippen LogP contribution >= 0.6 is 0 Å². The lowest BCUT2D eigenvalue weighted by Gasteiger charge is -2.26. The first-order valence-corrected chi connectivity index (χ1v) is 6.90. The predicted octanol–water partition coefficient (Wildman–Crippen LogP) is 1.83. The maximum absolute atomic E-state index is 14.3. The van der Waals surface area contributed by atoms with E-state index in [1.165, 1.54) is 19.2 Å². The highest BCUT2D eigenvalue weighted by Gasteiger charge is 2.52. The van der Waals surface area contributed by atoms with Crippen molar-refractivity contribution < 1.29 is 13.9 Å². The predicted molar refractivity (Wildman–Crippen MR) is 81.3 cm³/mol. The van der Waals surface area contributed by atoms with E-state index in [9.17, 15) is 14.4 Å². The van der Waals surface area contributed by atoms with Gasteiger partial charge in [0.05, 0.1) is 24.4 Å². The van der Waals surface area contributed by atoms with E-state index in [2.05, 4.69) is 6.07 Å². The number of benzene rings is 1.